The van der Waals surface area contributed by atoms with Crippen LogP contribution in [0.25, 0.3) is 6.08 Å². The molecule has 0 unspecified atom stereocenters. The highest BCUT2D eigenvalue weighted by molar-refractivity contribution is 6.32. The molecule has 0 aromatic heterocycles. The molecule has 0 saturated heterocycles. The molecule has 0 heterocycles. The average Bonchev–Trinajstić information content (AvgIpc) is 2.35. The maximum atomic E-state index is 11.4. The molecule has 1 rings (SSSR count). The number of rotatable bonds is 6. The van der Waals surface area contributed by atoms with Crippen LogP contribution >= 0.6 is 11.6 Å². The van der Waals surface area contributed by atoms with Crippen LogP contribution in [0.2, 0.25) is 5.02 Å². The fraction of sp³-hybridized carbons (Fsp3) is 0.214. The first-order valence-corrected chi connectivity index (χ1v) is 6.06. The molecule has 1 aromatic carbocycles. The molecule has 20 heavy (non-hydrogen) atoms. The molecule has 0 aliphatic carbocycles. The molecule has 0 atom stereocenters. The van der Waals surface area contributed by atoms with E-state index in [4.69, 9.17) is 21.4 Å². The Labute approximate surface area is 120 Å². The van der Waals surface area contributed by atoms with E-state index in [9.17, 15) is 14.4 Å². The number of ketones is 2. The zero-order valence-corrected chi connectivity index (χ0v) is 11.7. The van der Waals surface area contributed by atoms with Gasteiger partial charge in [-0.15, -0.1) is 0 Å². The van der Waals surface area contributed by atoms with Crippen molar-refractivity contribution in [2.45, 2.75) is 13.8 Å². The highest BCUT2D eigenvalue weighted by Crippen LogP contribution is 2.24. The molecule has 0 fully saturated rings. The van der Waals surface area contributed by atoms with Gasteiger partial charge in [0.05, 0.1) is 5.57 Å². The summed E-state index contributed by atoms with van der Waals surface area (Å²) < 4.78 is 5.01. The lowest BCUT2D eigenvalue weighted by Gasteiger charge is -2.06. The summed E-state index contributed by atoms with van der Waals surface area (Å²) in [5.74, 6) is -1.56. The van der Waals surface area contributed by atoms with Gasteiger partial charge in [-0.05, 0) is 43.7 Å². The summed E-state index contributed by atoms with van der Waals surface area (Å²) in [4.78, 5) is 33.1. The predicted molar refractivity (Wildman–Crippen MR) is 73.9 cm³/mol. The van der Waals surface area contributed by atoms with E-state index in [0.717, 1.165) is 0 Å². The minimum atomic E-state index is -1.11. The van der Waals surface area contributed by atoms with E-state index in [-0.39, 0.29) is 22.9 Å². The Bertz CT molecular complexity index is 573. The molecule has 0 radical (unpaired) electrons. The maximum absolute atomic E-state index is 11.4. The van der Waals surface area contributed by atoms with Crippen molar-refractivity contribution in [2.75, 3.05) is 6.61 Å². The summed E-state index contributed by atoms with van der Waals surface area (Å²) in [5.41, 5.74) is 0.428. The third-order valence-corrected chi connectivity index (χ3v) is 2.73. The number of carboxylic acid groups (broad SMARTS) is 1. The zero-order valence-electron chi connectivity index (χ0n) is 11.0. The standard InChI is InChI=1S/C14H13ClO5/c1-8(16)12(9(2)17)6-10-5-11(3-4-13(10)15)20-7-14(18)19/h3-6H,7H2,1-2H3,(H,18,19). The average molecular weight is 297 g/mol. The minimum Gasteiger partial charge on any atom is -0.482 e. The van der Waals surface area contributed by atoms with Crippen molar-refractivity contribution in [2.24, 2.45) is 0 Å². The monoisotopic (exact) mass is 296 g/mol. The van der Waals surface area contributed by atoms with E-state index in [0.29, 0.717) is 10.6 Å². The highest BCUT2D eigenvalue weighted by atomic mass is 35.5. The van der Waals surface area contributed by atoms with E-state index < -0.39 is 12.6 Å². The number of allylic oxidation sites excluding steroid dienone is 1. The molecule has 1 N–H and O–H groups in total. The molecule has 6 heteroatoms. The number of carbonyl (C=O) groups excluding carboxylic acids is 2. The van der Waals surface area contributed by atoms with Crippen molar-refractivity contribution in [1.82, 2.24) is 0 Å². The molecular weight excluding hydrogens is 284 g/mol. The lowest BCUT2D eigenvalue weighted by atomic mass is 10.0. The lowest BCUT2D eigenvalue weighted by Crippen LogP contribution is -2.09. The molecule has 0 amide bonds. The van der Waals surface area contributed by atoms with E-state index in [2.05, 4.69) is 0 Å². The zero-order chi connectivity index (χ0) is 15.3. The first-order chi connectivity index (χ1) is 9.31. The SMILES string of the molecule is CC(=O)C(=Cc1cc(OCC(=O)O)ccc1Cl)C(C)=O. The van der Waals surface area contributed by atoms with Crippen LogP contribution in [-0.4, -0.2) is 29.2 Å². The summed E-state index contributed by atoms with van der Waals surface area (Å²) in [5, 5.41) is 8.86. The fourth-order valence-corrected chi connectivity index (χ4v) is 1.65. The minimum absolute atomic E-state index is 0.0160. The van der Waals surface area contributed by atoms with Crippen LogP contribution in [0.3, 0.4) is 0 Å². The van der Waals surface area contributed by atoms with Gasteiger partial charge < -0.3 is 9.84 Å². The van der Waals surface area contributed by atoms with Gasteiger partial charge in [0.2, 0.25) is 0 Å². The van der Waals surface area contributed by atoms with Crippen molar-refractivity contribution in [3.05, 3.63) is 34.4 Å². The number of carboxylic acids is 1. The molecule has 0 aliphatic rings. The van der Waals surface area contributed by atoms with Gasteiger partial charge >= 0.3 is 5.97 Å². The van der Waals surface area contributed by atoms with Gasteiger partial charge in [-0.2, -0.15) is 0 Å². The molecule has 5 nitrogen and oxygen atoms in total. The van der Waals surface area contributed by atoms with Crippen LogP contribution in [0.1, 0.15) is 19.4 Å². The first kappa shape index (κ1) is 15.9. The Hall–Kier alpha value is -2.14. The van der Waals surface area contributed by atoms with Crippen LogP contribution in [0.4, 0.5) is 0 Å². The third-order valence-electron chi connectivity index (χ3n) is 2.39. The van der Waals surface area contributed by atoms with Crippen molar-refractivity contribution < 1.29 is 24.2 Å². The van der Waals surface area contributed by atoms with Gasteiger partial charge in [0.25, 0.3) is 0 Å². The summed E-state index contributed by atoms with van der Waals surface area (Å²) >= 11 is 5.97. The second-order valence-corrected chi connectivity index (χ2v) is 4.44. The van der Waals surface area contributed by atoms with Crippen LogP contribution in [0, 0.1) is 0 Å². The third kappa shape index (κ3) is 4.51. The van der Waals surface area contributed by atoms with Crippen molar-refractivity contribution in [1.29, 1.82) is 0 Å². The topological polar surface area (TPSA) is 80.7 Å². The summed E-state index contributed by atoms with van der Waals surface area (Å²) in [6, 6.07) is 4.48. The number of hydrogen-bond donors (Lipinski definition) is 1. The van der Waals surface area contributed by atoms with E-state index >= 15 is 0 Å². The van der Waals surface area contributed by atoms with Gasteiger partial charge in [0.15, 0.2) is 18.2 Å². The van der Waals surface area contributed by atoms with Crippen LogP contribution in [0.15, 0.2) is 23.8 Å². The number of benzene rings is 1. The number of carbonyl (C=O) groups is 3. The molecule has 106 valence electrons. The Balaban J connectivity index is 3.13. The maximum Gasteiger partial charge on any atom is 0.341 e. The Morgan fingerprint density at radius 2 is 1.85 bits per heavy atom. The highest BCUT2D eigenvalue weighted by Gasteiger charge is 2.11. The van der Waals surface area contributed by atoms with E-state index in [1.807, 2.05) is 0 Å². The smallest absolute Gasteiger partial charge is 0.341 e. The van der Waals surface area contributed by atoms with Crippen LogP contribution < -0.4 is 4.74 Å². The lowest BCUT2D eigenvalue weighted by molar-refractivity contribution is -0.139. The quantitative estimate of drug-likeness (QED) is 0.495. The van der Waals surface area contributed by atoms with Gasteiger partial charge in [0.1, 0.15) is 5.75 Å². The number of Topliss-reactive ketones (excluding diaryl/α,β-unsaturated/α-hetero) is 2. The normalized spacial score (nSPS) is 9.75. The molecular formula is C14H13ClO5. The van der Waals surface area contributed by atoms with E-state index in [1.165, 1.54) is 38.1 Å². The Morgan fingerprint density at radius 1 is 1.25 bits per heavy atom. The Morgan fingerprint density at radius 3 is 2.35 bits per heavy atom. The predicted octanol–water partition coefficient (Wildman–Crippen LogP) is 2.36. The summed E-state index contributed by atoms with van der Waals surface area (Å²) in [6.07, 6.45) is 1.36. The number of hydrogen-bond acceptors (Lipinski definition) is 4. The van der Waals surface area contributed by atoms with Gasteiger partial charge in [-0.3, -0.25) is 9.59 Å². The molecule has 0 aliphatic heterocycles. The number of ether oxygens (including phenoxy) is 1. The van der Waals surface area contributed by atoms with Gasteiger partial charge in [-0.1, -0.05) is 11.6 Å². The number of halogens is 1. The van der Waals surface area contributed by atoms with Crippen molar-refractivity contribution in [3.63, 3.8) is 0 Å². The second kappa shape index (κ2) is 6.86. The molecule has 0 spiro atoms. The van der Waals surface area contributed by atoms with E-state index in [1.54, 1.807) is 0 Å². The first-order valence-electron chi connectivity index (χ1n) is 5.69. The molecule has 0 saturated carbocycles. The van der Waals surface area contributed by atoms with Crippen LogP contribution in [0.5, 0.6) is 5.75 Å². The van der Waals surface area contributed by atoms with Gasteiger partial charge in [-0.25, -0.2) is 4.79 Å². The summed E-state index contributed by atoms with van der Waals surface area (Å²) in [6.45, 7) is 2.08. The Kier molecular flexibility index (Phi) is 5.46. The van der Waals surface area contributed by atoms with Crippen molar-refractivity contribution in [3.8, 4) is 5.75 Å². The molecule has 0 bridgehead atoms. The van der Waals surface area contributed by atoms with Gasteiger partial charge in [0, 0.05) is 5.02 Å². The summed E-state index contributed by atoms with van der Waals surface area (Å²) in [7, 11) is 0. The fourth-order valence-electron chi connectivity index (χ4n) is 1.47. The van der Waals surface area contributed by atoms with Crippen LogP contribution in [-0.2, 0) is 14.4 Å². The second-order valence-electron chi connectivity index (χ2n) is 4.04. The largest absolute Gasteiger partial charge is 0.482 e. The van der Waals surface area contributed by atoms with Crippen molar-refractivity contribution >= 4 is 35.2 Å². The number of aliphatic carboxylic acids is 1. The molecule has 1 aromatic rings.